The van der Waals surface area contributed by atoms with Crippen molar-refractivity contribution >= 4 is 78.0 Å². The monoisotopic (exact) mass is 633 g/mol. The Kier molecular flexibility index (Phi) is 6.40. The molecular weight excluding hydrogens is 611 g/mol. The Morgan fingerprint density at radius 1 is 0.822 bits per heavy atom. The van der Waals surface area contributed by atoms with Crippen LogP contribution in [0.5, 0.6) is 0 Å². The summed E-state index contributed by atoms with van der Waals surface area (Å²) in [6.45, 7) is 11.9. The van der Waals surface area contributed by atoms with Gasteiger partial charge in [0.1, 0.15) is 11.0 Å². The van der Waals surface area contributed by atoms with E-state index in [1.54, 1.807) is 17.4 Å². The van der Waals surface area contributed by atoms with Gasteiger partial charge in [0.15, 0.2) is 0 Å². The Bertz CT molecular complexity index is 2350. The zero-order chi connectivity index (χ0) is 30.7. The molecule has 3 aromatic heterocycles. The van der Waals surface area contributed by atoms with Crippen LogP contribution in [0.1, 0.15) is 30.5 Å². The summed E-state index contributed by atoms with van der Waals surface area (Å²) >= 11 is 4.71. The molecule has 7 aromatic rings. The minimum atomic E-state index is -0.161. The number of fused-ring (bicyclic) bond motifs is 4. The van der Waals surface area contributed by atoms with E-state index in [4.69, 9.17) is 6.57 Å². The Labute approximate surface area is 272 Å². The maximum Gasteiger partial charge on any atom is 0.262 e. The molecule has 0 amide bonds. The van der Waals surface area contributed by atoms with Crippen molar-refractivity contribution in [3.63, 3.8) is 0 Å². The van der Waals surface area contributed by atoms with Gasteiger partial charge in [0.05, 0.1) is 35.7 Å². The molecule has 0 aliphatic carbocycles. The van der Waals surface area contributed by atoms with Crippen LogP contribution >= 0.6 is 34.4 Å². The zero-order valence-corrected chi connectivity index (χ0v) is 26.7. The van der Waals surface area contributed by atoms with Crippen LogP contribution in [0, 0.1) is 17.9 Å². The lowest BCUT2D eigenvalue weighted by Gasteiger charge is -2.42. The van der Waals surface area contributed by atoms with Crippen molar-refractivity contribution in [2.24, 2.45) is 0 Å². The third-order valence-electron chi connectivity index (χ3n) is 8.47. The van der Waals surface area contributed by atoms with Crippen molar-refractivity contribution in [2.75, 3.05) is 4.90 Å². The van der Waals surface area contributed by atoms with Gasteiger partial charge in [0, 0.05) is 35.8 Å². The van der Waals surface area contributed by atoms with Crippen molar-refractivity contribution in [3.8, 4) is 27.0 Å². The Balaban J connectivity index is 1.19. The molecule has 214 valence electrons. The highest BCUT2D eigenvalue weighted by atomic mass is 32.1. The van der Waals surface area contributed by atoms with Gasteiger partial charge in [-0.25, -0.2) is 10.1 Å². The van der Waals surface area contributed by atoms with Crippen molar-refractivity contribution < 1.29 is 0 Å². The van der Waals surface area contributed by atoms with E-state index in [9.17, 15) is 5.26 Å². The van der Waals surface area contributed by atoms with Gasteiger partial charge in [-0.15, -0.1) is 22.7 Å². The van der Waals surface area contributed by atoms with E-state index in [0.29, 0.717) is 5.52 Å². The van der Waals surface area contributed by atoms with Crippen molar-refractivity contribution in [2.45, 2.75) is 19.3 Å². The second kappa shape index (κ2) is 10.5. The van der Waals surface area contributed by atoms with Crippen LogP contribution in [-0.2, 0) is 5.41 Å². The van der Waals surface area contributed by atoms with E-state index in [1.165, 1.54) is 42.3 Å². The summed E-state index contributed by atoms with van der Waals surface area (Å²) in [5.41, 5.74) is 10.6. The molecular formula is C37H23N5S3. The number of hydrogen-bond donors (Lipinski definition) is 0. The summed E-state index contributed by atoms with van der Waals surface area (Å²) in [5, 5.41) is 9.22. The molecule has 0 saturated carbocycles. The Hall–Kier alpha value is -5.12. The standard InChI is InChI=1S/C37H23N5S3/c1-37(2)27-11-7-8-12-29(27)42(25-9-5-4-6-10-25)30-16-14-22(18-28(30)37)31-19-33-34(43-31)20-32(44-33)26-15-13-23(17-24(21-38)39-3)35-36(26)41-45-40-35/h4-20H,1-2H3/b24-17-. The number of thiophene rings is 2. The molecule has 1 aliphatic heterocycles. The van der Waals surface area contributed by atoms with E-state index in [-0.39, 0.29) is 11.1 Å². The second-order valence-corrected chi connectivity index (χ2v) is 14.1. The first-order valence-corrected chi connectivity index (χ1v) is 16.7. The topological polar surface area (TPSA) is 57.2 Å². The molecule has 0 saturated heterocycles. The quantitative estimate of drug-likeness (QED) is 0.143. The first-order chi connectivity index (χ1) is 22.0. The van der Waals surface area contributed by atoms with Crippen molar-refractivity contribution in [1.29, 1.82) is 5.26 Å². The number of hydrogen-bond acceptors (Lipinski definition) is 7. The number of nitriles is 1. The van der Waals surface area contributed by atoms with Crippen molar-refractivity contribution in [1.82, 2.24) is 8.75 Å². The van der Waals surface area contributed by atoms with Gasteiger partial charge in [-0.05, 0) is 70.8 Å². The number of benzene rings is 4. The van der Waals surface area contributed by atoms with Crippen LogP contribution in [0.15, 0.2) is 103 Å². The van der Waals surface area contributed by atoms with Crippen molar-refractivity contribution in [3.05, 3.63) is 131 Å². The summed E-state index contributed by atoms with van der Waals surface area (Å²) in [4.78, 5) is 8.05. The molecule has 0 radical (unpaired) electrons. The molecule has 5 nitrogen and oxygen atoms in total. The third kappa shape index (κ3) is 4.38. The Morgan fingerprint density at radius 3 is 2.33 bits per heavy atom. The van der Waals surface area contributed by atoms with E-state index < -0.39 is 0 Å². The van der Waals surface area contributed by atoms with Gasteiger partial charge >= 0.3 is 0 Å². The predicted molar refractivity (Wildman–Crippen MR) is 189 cm³/mol. The fourth-order valence-electron chi connectivity index (χ4n) is 6.26. The van der Waals surface area contributed by atoms with E-state index in [1.807, 2.05) is 29.5 Å². The van der Waals surface area contributed by atoms with Crippen LogP contribution in [0.25, 0.3) is 52.2 Å². The highest BCUT2D eigenvalue weighted by Crippen LogP contribution is 2.53. The number of allylic oxidation sites excluding steroid dienone is 1. The molecule has 0 fully saturated rings. The highest BCUT2D eigenvalue weighted by Gasteiger charge is 2.37. The molecule has 0 unspecified atom stereocenters. The SMILES string of the molecule is [C-]#[N+]/C(C#N)=C\c1ccc(-c2cc3sc(-c4ccc5c(c4)C(C)(C)c4ccccc4N5c4ccccc4)cc3s2)c2nsnc12. The molecule has 0 bridgehead atoms. The lowest BCUT2D eigenvalue weighted by molar-refractivity contribution is 0.632. The maximum absolute atomic E-state index is 9.22. The Morgan fingerprint density at radius 2 is 1.53 bits per heavy atom. The molecule has 8 rings (SSSR count). The average molecular weight is 634 g/mol. The van der Waals surface area contributed by atoms with Gasteiger partial charge in [-0.1, -0.05) is 68.4 Å². The minimum Gasteiger partial charge on any atom is -0.310 e. The summed E-state index contributed by atoms with van der Waals surface area (Å²) in [6.07, 6.45) is 1.58. The lowest BCUT2D eigenvalue weighted by atomic mass is 9.73. The highest BCUT2D eigenvalue weighted by molar-refractivity contribution is 7.31. The number of anilines is 3. The summed E-state index contributed by atoms with van der Waals surface area (Å²) in [6, 6.07) is 36.7. The minimum absolute atomic E-state index is 0.0313. The van der Waals surface area contributed by atoms with Gasteiger partial charge in [0.2, 0.25) is 0 Å². The van der Waals surface area contributed by atoms with E-state index in [2.05, 4.69) is 117 Å². The van der Waals surface area contributed by atoms with E-state index in [0.717, 1.165) is 38.9 Å². The van der Waals surface area contributed by atoms with Gasteiger partial charge in [-0.2, -0.15) is 8.75 Å². The maximum atomic E-state index is 9.22. The summed E-state index contributed by atoms with van der Waals surface area (Å²) in [7, 11) is 0. The summed E-state index contributed by atoms with van der Waals surface area (Å²) in [5.74, 6) is 0. The van der Waals surface area contributed by atoms with Gasteiger partial charge in [-0.3, -0.25) is 0 Å². The molecule has 1 aliphatic rings. The third-order valence-corrected chi connectivity index (χ3v) is 11.4. The zero-order valence-electron chi connectivity index (χ0n) is 24.3. The van der Waals surface area contributed by atoms with Crippen LogP contribution in [0.3, 0.4) is 0 Å². The first-order valence-electron chi connectivity index (χ1n) is 14.3. The number of nitrogens with zero attached hydrogens (tertiary/aromatic N) is 5. The fourth-order valence-corrected chi connectivity index (χ4v) is 9.26. The molecule has 4 aromatic carbocycles. The lowest BCUT2D eigenvalue weighted by Crippen LogP contribution is -2.30. The largest absolute Gasteiger partial charge is 0.310 e. The molecule has 4 heterocycles. The normalized spacial score (nSPS) is 13.8. The molecule has 0 spiro atoms. The number of aromatic nitrogens is 2. The molecule has 8 heteroatoms. The number of para-hydroxylation sites is 2. The van der Waals surface area contributed by atoms with Crippen LogP contribution in [-0.4, -0.2) is 8.75 Å². The van der Waals surface area contributed by atoms with Gasteiger partial charge in [0.25, 0.3) is 5.70 Å². The van der Waals surface area contributed by atoms with Crippen LogP contribution < -0.4 is 4.90 Å². The smallest absolute Gasteiger partial charge is 0.262 e. The van der Waals surface area contributed by atoms with Gasteiger partial charge < -0.3 is 4.90 Å². The second-order valence-electron chi connectivity index (χ2n) is 11.4. The number of rotatable bonds is 4. The van der Waals surface area contributed by atoms with Crippen LogP contribution in [0.2, 0.25) is 0 Å². The van der Waals surface area contributed by atoms with E-state index >= 15 is 0 Å². The molecule has 0 N–H and O–H groups in total. The molecule has 45 heavy (non-hydrogen) atoms. The average Bonchev–Trinajstić information content (AvgIpc) is 3.81. The van der Waals surface area contributed by atoms with Crippen LogP contribution in [0.4, 0.5) is 17.1 Å². The summed E-state index contributed by atoms with van der Waals surface area (Å²) < 4.78 is 11.5. The predicted octanol–water partition coefficient (Wildman–Crippen LogP) is 11.2. The fraction of sp³-hybridized carbons (Fsp3) is 0.0811. The first kappa shape index (κ1) is 27.4. The molecule has 0 atom stereocenters.